The summed E-state index contributed by atoms with van der Waals surface area (Å²) in [6.45, 7) is 5.50. The van der Waals surface area contributed by atoms with Crippen LogP contribution in [0.2, 0.25) is 0 Å². The molecule has 0 spiro atoms. The van der Waals surface area contributed by atoms with Gasteiger partial charge in [-0.15, -0.1) is 0 Å². The first-order chi connectivity index (χ1) is 13.2. The number of esters is 1. The molecule has 0 saturated carbocycles. The molecule has 0 radical (unpaired) electrons. The largest absolute Gasteiger partial charge is 0.495 e. The molecular formula is C20H22N2O6. The first-order valence-electron chi connectivity index (χ1n) is 8.67. The molecule has 0 aliphatic rings. The second-order valence-electron chi connectivity index (χ2n) is 6.46. The molecular weight excluding hydrogens is 364 g/mol. The maximum absolute atomic E-state index is 12.4. The molecule has 0 saturated heterocycles. The molecule has 2 aromatic carbocycles. The van der Waals surface area contributed by atoms with Gasteiger partial charge in [0.2, 0.25) is 0 Å². The van der Waals surface area contributed by atoms with E-state index in [9.17, 15) is 19.7 Å². The highest BCUT2D eigenvalue weighted by Crippen LogP contribution is 2.29. The summed E-state index contributed by atoms with van der Waals surface area (Å²) in [6, 6.07) is 10.8. The Morgan fingerprint density at radius 3 is 2.25 bits per heavy atom. The lowest BCUT2D eigenvalue weighted by Gasteiger charge is -2.15. The maximum Gasteiger partial charge on any atom is 0.338 e. The number of benzene rings is 2. The maximum atomic E-state index is 12.4. The zero-order valence-corrected chi connectivity index (χ0v) is 16.1. The molecule has 148 valence electrons. The van der Waals surface area contributed by atoms with Crippen molar-refractivity contribution in [3.8, 4) is 5.75 Å². The Balaban J connectivity index is 2.07. The Hall–Kier alpha value is -3.42. The molecule has 8 heteroatoms. The number of amides is 1. The quantitative estimate of drug-likeness (QED) is 0.439. The van der Waals surface area contributed by atoms with Crippen molar-refractivity contribution in [2.75, 3.05) is 12.4 Å². The molecule has 1 N–H and O–H groups in total. The fourth-order valence-electron chi connectivity index (χ4n) is 2.43. The van der Waals surface area contributed by atoms with Gasteiger partial charge in [-0.25, -0.2) is 4.79 Å². The zero-order valence-electron chi connectivity index (χ0n) is 16.1. The predicted molar refractivity (Wildman–Crippen MR) is 104 cm³/mol. The van der Waals surface area contributed by atoms with E-state index in [1.165, 1.54) is 32.2 Å². The lowest BCUT2D eigenvalue weighted by Crippen LogP contribution is -2.30. The van der Waals surface area contributed by atoms with Crippen LogP contribution >= 0.6 is 0 Å². The second kappa shape index (κ2) is 8.98. The van der Waals surface area contributed by atoms with E-state index < -0.39 is 22.9 Å². The number of hydrogen-bond donors (Lipinski definition) is 1. The molecule has 0 bridgehead atoms. The summed E-state index contributed by atoms with van der Waals surface area (Å²) in [5.74, 6) is -0.684. The van der Waals surface area contributed by atoms with E-state index in [0.29, 0.717) is 11.5 Å². The minimum absolute atomic E-state index is 0.117. The Morgan fingerprint density at radius 1 is 1.07 bits per heavy atom. The van der Waals surface area contributed by atoms with Crippen LogP contribution in [0.4, 0.5) is 11.4 Å². The van der Waals surface area contributed by atoms with Crippen LogP contribution < -0.4 is 10.1 Å². The molecule has 0 aliphatic carbocycles. The summed E-state index contributed by atoms with van der Waals surface area (Å²) in [6.07, 6.45) is -1.11. The summed E-state index contributed by atoms with van der Waals surface area (Å²) in [5, 5.41) is 13.4. The molecule has 1 atom stereocenters. The van der Waals surface area contributed by atoms with Crippen LogP contribution in [0.25, 0.3) is 0 Å². The standard InChI is InChI=1S/C20H22N2O6/c1-12(2)14-5-7-15(8-6-14)20(24)28-13(3)19(23)21-17-11-16(22(25)26)9-10-18(17)27-4/h5-13H,1-4H3,(H,21,23)/t13-/m1/s1. The Bertz CT molecular complexity index is 877. The number of nitro groups is 1. The van der Waals surface area contributed by atoms with E-state index in [-0.39, 0.29) is 17.1 Å². The third-order valence-electron chi connectivity index (χ3n) is 4.12. The molecule has 8 nitrogen and oxygen atoms in total. The number of anilines is 1. The minimum atomic E-state index is -1.11. The summed E-state index contributed by atoms with van der Waals surface area (Å²) < 4.78 is 10.3. The number of non-ortho nitro benzene ring substituents is 1. The highest BCUT2D eigenvalue weighted by Gasteiger charge is 2.21. The smallest absolute Gasteiger partial charge is 0.338 e. The number of methoxy groups -OCH3 is 1. The van der Waals surface area contributed by atoms with E-state index >= 15 is 0 Å². The van der Waals surface area contributed by atoms with Gasteiger partial charge < -0.3 is 14.8 Å². The zero-order chi connectivity index (χ0) is 20.8. The summed E-state index contributed by atoms with van der Waals surface area (Å²) >= 11 is 0. The number of nitrogens with one attached hydrogen (secondary N) is 1. The van der Waals surface area contributed by atoms with Gasteiger partial charge in [-0.2, -0.15) is 0 Å². The molecule has 0 fully saturated rings. The van der Waals surface area contributed by atoms with Gasteiger partial charge in [-0.3, -0.25) is 14.9 Å². The molecule has 28 heavy (non-hydrogen) atoms. The second-order valence-corrected chi connectivity index (χ2v) is 6.46. The average Bonchev–Trinajstić information content (AvgIpc) is 2.67. The number of carbonyl (C=O) groups excluding carboxylic acids is 2. The number of nitro benzene ring substituents is 1. The van der Waals surface area contributed by atoms with Crippen molar-refractivity contribution in [2.24, 2.45) is 0 Å². The fourth-order valence-corrected chi connectivity index (χ4v) is 2.43. The summed E-state index contributed by atoms with van der Waals surface area (Å²) in [7, 11) is 1.38. The number of carbonyl (C=O) groups is 2. The van der Waals surface area contributed by atoms with Crippen molar-refractivity contribution < 1.29 is 24.0 Å². The SMILES string of the molecule is COc1ccc([N+](=O)[O-])cc1NC(=O)[C@@H](C)OC(=O)c1ccc(C(C)C)cc1. The molecule has 0 unspecified atom stereocenters. The van der Waals surface area contributed by atoms with Gasteiger partial charge in [0, 0.05) is 12.1 Å². The third kappa shape index (κ3) is 5.06. The fraction of sp³-hybridized carbons (Fsp3) is 0.300. The first kappa shape index (κ1) is 20.9. The molecule has 2 aromatic rings. The van der Waals surface area contributed by atoms with Gasteiger partial charge in [0.1, 0.15) is 5.75 Å². The van der Waals surface area contributed by atoms with Crippen LogP contribution in [-0.2, 0) is 9.53 Å². The Kier molecular flexibility index (Phi) is 6.70. The topological polar surface area (TPSA) is 108 Å². The van der Waals surface area contributed by atoms with Crippen LogP contribution in [0.1, 0.15) is 42.6 Å². The monoisotopic (exact) mass is 386 g/mol. The Labute approximate surface area is 162 Å². The minimum Gasteiger partial charge on any atom is -0.495 e. The van der Waals surface area contributed by atoms with E-state index in [1.807, 2.05) is 26.0 Å². The molecule has 2 rings (SSSR count). The van der Waals surface area contributed by atoms with Crippen LogP contribution in [-0.4, -0.2) is 30.0 Å². The number of ether oxygens (including phenoxy) is 2. The molecule has 0 aliphatic heterocycles. The van der Waals surface area contributed by atoms with Gasteiger partial charge in [0.15, 0.2) is 6.10 Å². The number of hydrogen-bond acceptors (Lipinski definition) is 6. The van der Waals surface area contributed by atoms with Crippen LogP contribution in [0, 0.1) is 10.1 Å². The van der Waals surface area contributed by atoms with Crippen molar-refractivity contribution in [3.63, 3.8) is 0 Å². The molecule has 0 aromatic heterocycles. The van der Waals surface area contributed by atoms with E-state index in [1.54, 1.807) is 12.1 Å². The van der Waals surface area contributed by atoms with Crippen LogP contribution in [0.5, 0.6) is 5.75 Å². The lowest BCUT2D eigenvalue weighted by molar-refractivity contribution is -0.384. The number of rotatable bonds is 7. The van der Waals surface area contributed by atoms with Crippen molar-refractivity contribution in [1.82, 2.24) is 0 Å². The number of nitrogens with zero attached hydrogens (tertiary/aromatic N) is 1. The highest BCUT2D eigenvalue weighted by atomic mass is 16.6. The van der Waals surface area contributed by atoms with Crippen molar-refractivity contribution in [2.45, 2.75) is 32.8 Å². The first-order valence-corrected chi connectivity index (χ1v) is 8.67. The Morgan fingerprint density at radius 2 is 1.71 bits per heavy atom. The van der Waals surface area contributed by atoms with Crippen LogP contribution in [0.3, 0.4) is 0 Å². The molecule has 1 amide bonds. The van der Waals surface area contributed by atoms with E-state index in [2.05, 4.69) is 5.32 Å². The van der Waals surface area contributed by atoms with Crippen molar-refractivity contribution in [3.05, 3.63) is 63.7 Å². The van der Waals surface area contributed by atoms with Crippen molar-refractivity contribution >= 4 is 23.3 Å². The highest BCUT2D eigenvalue weighted by molar-refractivity contribution is 5.98. The van der Waals surface area contributed by atoms with E-state index in [4.69, 9.17) is 9.47 Å². The van der Waals surface area contributed by atoms with Gasteiger partial charge in [-0.05, 0) is 36.6 Å². The van der Waals surface area contributed by atoms with Crippen LogP contribution in [0.15, 0.2) is 42.5 Å². The summed E-state index contributed by atoms with van der Waals surface area (Å²) in [5.41, 5.74) is 1.33. The van der Waals surface area contributed by atoms with Gasteiger partial charge in [0.25, 0.3) is 11.6 Å². The van der Waals surface area contributed by atoms with Gasteiger partial charge in [0.05, 0.1) is 23.3 Å². The third-order valence-corrected chi connectivity index (χ3v) is 4.12. The lowest BCUT2D eigenvalue weighted by atomic mass is 10.0. The van der Waals surface area contributed by atoms with E-state index in [0.717, 1.165) is 5.56 Å². The summed E-state index contributed by atoms with van der Waals surface area (Å²) in [4.78, 5) is 34.9. The molecule has 0 heterocycles. The van der Waals surface area contributed by atoms with Gasteiger partial charge >= 0.3 is 5.97 Å². The van der Waals surface area contributed by atoms with Crippen molar-refractivity contribution in [1.29, 1.82) is 0 Å². The predicted octanol–water partition coefficient (Wildman–Crippen LogP) is 3.91. The average molecular weight is 386 g/mol. The van der Waals surface area contributed by atoms with Gasteiger partial charge in [-0.1, -0.05) is 26.0 Å². The normalized spacial score (nSPS) is 11.6.